The largest absolute Gasteiger partial charge is 0.486 e. The number of H-pyrrole nitrogens is 1. The number of aromatic amines is 1. The van der Waals surface area contributed by atoms with Crippen molar-refractivity contribution in [2.45, 2.75) is 20.3 Å². The number of benzene rings is 1. The monoisotopic (exact) mass is 356 g/mol. The molecule has 1 unspecified atom stereocenters. The summed E-state index contributed by atoms with van der Waals surface area (Å²) in [6.45, 7) is 5.12. The molecule has 1 saturated heterocycles. The molecule has 0 aliphatic carbocycles. The lowest BCUT2D eigenvalue weighted by Crippen LogP contribution is -2.33. The molecule has 2 aliphatic rings. The number of amides is 2. The van der Waals surface area contributed by atoms with Crippen LogP contribution in [0.25, 0.3) is 0 Å². The summed E-state index contributed by atoms with van der Waals surface area (Å²) in [6, 6.07) is 5.40. The number of anilines is 2. The number of aromatic nitrogens is 2. The first-order valence-electron chi connectivity index (χ1n) is 8.58. The number of ether oxygens (including phenoxy) is 2. The first-order valence-corrected chi connectivity index (χ1v) is 8.58. The molecule has 2 amide bonds. The number of nitrogens with one attached hydrogen (secondary N) is 2. The minimum Gasteiger partial charge on any atom is -0.486 e. The maximum atomic E-state index is 12.8. The van der Waals surface area contributed by atoms with E-state index in [9.17, 15) is 9.59 Å². The van der Waals surface area contributed by atoms with Crippen LogP contribution < -0.4 is 19.7 Å². The van der Waals surface area contributed by atoms with Crippen molar-refractivity contribution < 1.29 is 19.1 Å². The number of carbonyl (C=O) groups is 2. The molecule has 8 nitrogen and oxygen atoms in total. The van der Waals surface area contributed by atoms with Gasteiger partial charge in [0.2, 0.25) is 11.8 Å². The summed E-state index contributed by atoms with van der Waals surface area (Å²) in [5, 5.41) is 9.71. The van der Waals surface area contributed by atoms with E-state index in [0.717, 1.165) is 5.69 Å². The van der Waals surface area contributed by atoms with Crippen LogP contribution in [0.5, 0.6) is 11.5 Å². The molecule has 3 heterocycles. The van der Waals surface area contributed by atoms with Gasteiger partial charge in [-0.1, -0.05) is 0 Å². The number of hydrogen-bond acceptors (Lipinski definition) is 5. The lowest BCUT2D eigenvalue weighted by molar-refractivity contribution is -0.129. The molecule has 1 atom stereocenters. The standard InChI is InChI=1S/C18H20N4O4/c1-10-16(11(2)21-20-10)19-17(23)13-5-6-22(18(13)24)12-3-4-14-15(9-12)26-8-7-25-14/h3-4,9,13H,5-8H2,1-2H3,(H,19,23)(H,20,21). The minimum absolute atomic E-state index is 0.210. The van der Waals surface area contributed by atoms with Crippen molar-refractivity contribution in [2.24, 2.45) is 5.92 Å². The Hall–Kier alpha value is -3.03. The third kappa shape index (κ3) is 2.77. The SMILES string of the molecule is Cc1n[nH]c(C)c1NC(=O)C1CCN(c2ccc3c(c2)OCCO3)C1=O. The summed E-state index contributed by atoms with van der Waals surface area (Å²) < 4.78 is 11.1. The molecule has 0 bridgehead atoms. The highest BCUT2D eigenvalue weighted by molar-refractivity contribution is 6.13. The molecule has 2 N–H and O–H groups in total. The van der Waals surface area contributed by atoms with Gasteiger partial charge in [0.25, 0.3) is 0 Å². The lowest BCUT2D eigenvalue weighted by Gasteiger charge is -2.22. The quantitative estimate of drug-likeness (QED) is 0.818. The van der Waals surface area contributed by atoms with E-state index in [2.05, 4.69) is 15.5 Å². The smallest absolute Gasteiger partial charge is 0.239 e. The second-order valence-electron chi connectivity index (χ2n) is 6.46. The molecule has 2 aliphatic heterocycles. The van der Waals surface area contributed by atoms with Gasteiger partial charge in [0.05, 0.1) is 17.1 Å². The Morgan fingerprint density at radius 3 is 2.77 bits per heavy atom. The van der Waals surface area contributed by atoms with E-state index >= 15 is 0 Å². The van der Waals surface area contributed by atoms with E-state index in [1.165, 1.54) is 0 Å². The Kier molecular flexibility index (Phi) is 4.02. The van der Waals surface area contributed by atoms with Gasteiger partial charge in [0.1, 0.15) is 19.1 Å². The fourth-order valence-corrected chi connectivity index (χ4v) is 3.32. The molecular weight excluding hydrogens is 336 g/mol. The number of nitrogens with zero attached hydrogens (tertiary/aromatic N) is 2. The molecular formula is C18H20N4O4. The van der Waals surface area contributed by atoms with Crippen LogP contribution in [0, 0.1) is 19.8 Å². The van der Waals surface area contributed by atoms with Crippen molar-refractivity contribution in [1.82, 2.24) is 10.2 Å². The first kappa shape index (κ1) is 16.4. The topological polar surface area (TPSA) is 96.6 Å². The minimum atomic E-state index is -0.711. The molecule has 1 aromatic carbocycles. The van der Waals surface area contributed by atoms with Crippen molar-refractivity contribution in [3.63, 3.8) is 0 Å². The van der Waals surface area contributed by atoms with Crippen LogP contribution in [0.3, 0.4) is 0 Å². The predicted octanol–water partition coefficient (Wildman–Crippen LogP) is 1.79. The Bertz CT molecular complexity index is 857. The maximum absolute atomic E-state index is 12.8. The summed E-state index contributed by atoms with van der Waals surface area (Å²) in [6.07, 6.45) is 0.467. The Morgan fingerprint density at radius 1 is 1.27 bits per heavy atom. The molecule has 0 radical (unpaired) electrons. The Balaban J connectivity index is 1.50. The highest BCUT2D eigenvalue weighted by Gasteiger charge is 2.38. The van der Waals surface area contributed by atoms with Gasteiger partial charge in [-0.25, -0.2) is 0 Å². The number of carbonyl (C=O) groups excluding carboxylic acids is 2. The van der Waals surface area contributed by atoms with Gasteiger partial charge in [-0.05, 0) is 32.4 Å². The molecule has 26 heavy (non-hydrogen) atoms. The van der Waals surface area contributed by atoms with Crippen LogP contribution in [-0.4, -0.2) is 41.8 Å². The third-order valence-corrected chi connectivity index (χ3v) is 4.74. The summed E-state index contributed by atoms with van der Waals surface area (Å²) in [7, 11) is 0. The van der Waals surface area contributed by atoms with Gasteiger partial charge in [0.15, 0.2) is 11.5 Å². The third-order valence-electron chi connectivity index (χ3n) is 4.74. The molecule has 1 aromatic heterocycles. The number of hydrogen-bond donors (Lipinski definition) is 2. The van der Waals surface area contributed by atoms with Crippen LogP contribution in [0.15, 0.2) is 18.2 Å². The first-order chi connectivity index (χ1) is 12.5. The van der Waals surface area contributed by atoms with Gasteiger partial charge >= 0.3 is 0 Å². The predicted molar refractivity (Wildman–Crippen MR) is 94.6 cm³/mol. The number of rotatable bonds is 3. The van der Waals surface area contributed by atoms with Gasteiger partial charge in [-0.3, -0.25) is 14.7 Å². The molecule has 1 fully saturated rings. The van der Waals surface area contributed by atoms with Crippen LogP contribution in [0.4, 0.5) is 11.4 Å². The van der Waals surface area contributed by atoms with E-state index in [4.69, 9.17) is 9.47 Å². The van der Waals surface area contributed by atoms with Crippen molar-refractivity contribution in [2.75, 3.05) is 30.0 Å². The van der Waals surface area contributed by atoms with E-state index in [1.54, 1.807) is 24.0 Å². The second-order valence-corrected chi connectivity index (χ2v) is 6.46. The van der Waals surface area contributed by atoms with Crippen molar-refractivity contribution in [3.05, 3.63) is 29.6 Å². The lowest BCUT2D eigenvalue weighted by atomic mass is 10.1. The zero-order valence-electron chi connectivity index (χ0n) is 14.7. The van der Waals surface area contributed by atoms with Gasteiger partial charge in [-0.15, -0.1) is 0 Å². The van der Waals surface area contributed by atoms with E-state index < -0.39 is 5.92 Å². The zero-order valence-corrected chi connectivity index (χ0v) is 14.7. The van der Waals surface area contributed by atoms with Gasteiger partial charge < -0.3 is 19.7 Å². The van der Waals surface area contributed by atoms with Crippen LogP contribution in [0.1, 0.15) is 17.8 Å². The molecule has 8 heteroatoms. The van der Waals surface area contributed by atoms with Crippen LogP contribution in [-0.2, 0) is 9.59 Å². The molecule has 0 spiro atoms. The fraction of sp³-hybridized carbons (Fsp3) is 0.389. The average Bonchev–Trinajstić information content (AvgIpc) is 3.18. The maximum Gasteiger partial charge on any atom is 0.239 e. The van der Waals surface area contributed by atoms with E-state index in [1.807, 2.05) is 13.0 Å². The summed E-state index contributed by atoms with van der Waals surface area (Å²) >= 11 is 0. The Labute approximate surface area is 150 Å². The van der Waals surface area contributed by atoms with Gasteiger partial charge in [-0.2, -0.15) is 5.10 Å². The Morgan fingerprint density at radius 2 is 2.04 bits per heavy atom. The van der Waals surface area contributed by atoms with E-state index in [-0.39, 0.29) is 11.8 Å². The number of fused-ring (bicyclic) bond motifs is 1. The molecule has 4 rings (SSSR count). The normalized spacial score (nSPS) is 18.9. The van der Waals surface area contributed by atoms with Crippen molar-refractivity contribution in [3.8, 4) is 11.5 Å². The van der Waals surface area contributed by atoms with Crippen molar-refractivity contribution >= 4 is 23.2 Å². The van der Waals surface area contributed by atoms with Crippen molar-refractivity contribution in [1.29, 1.82) is 0 Å². The highest BCUT2D eigenvalue weighted by atomic mass is 16.6. The highest BCUT2D eigenvalue weighted by Crippen LogP contribution is 2.36. The molecule has 136 valence electrons. The van der Waals surface area contributed by atoms with Crippen LogP contribution >= 0.6 is 0 Å². The average molecular weight is 356 g/mol. The second kappa shape index (κ2) is 6.36. The summed E-state index contributed by atoms with van der Waals surface area (Å²) in [5.41, 5.74) is 2.82. The van der Waals surface area contributed by atoms with Crippen LogP contribution in [0.2, 0.25) is 0 Å². The van der Waals surface area contributed by atoms with E-state index in [0.29, 0.717) is 54.7 Å². The van der Waals surface area contributed by atoms with Gasteiger partial charge in [0, 0.05) is 18.3 Å². The molecule has 2 aromatic rings. The summed E-state index contributed by atoms with van der Waals surface area (Å²) in [4.78, 5) is 27.0. The fourth-order valence-electron chi connectivity index (χ4n) is 3.32. The molecule has 0 saturated carbocycles. The zero-order chi connectivity index (χ0) is 18.3. The number of aryl methyl sites for hydroxylation is 2. The summed E-state index contributed by atoms with van der Waals surface area (Å²) in [5.74, 6) is 0.0727.